The van der Waals surface area contributed by atoms with Crippen LogP contribution in [0.5, 0.6) is 0 Å². The van der Waals surface area contributed by atoms with Crippen LogP contribution in [0.15, 0.2) is 0 Å². The van der Waals surface area contributed by atoms with E-state index in [9.17, 15) is 9.59 Å². The molecule has 1 aliphatic heterocycles. The summed E-state index contributed by atoms with van der Waals surface area (Å²) in [5.74, 6) is 0.397. The number of amides is 2. The summed E-state index contributed by atoms with van der Waals surface area (Å²) in [7, 11) is 0. The highest BCUT2D eigenvalue weighted by atomic mass is 16.2. The van der Waals surface area contributed by atoms with Gasteiger partial charge in [-0.3, -0.25) is 9.59 Å². The third-order valence-electron chi connectivity index (χ3n) is 6.48. The second-order valence-electron chi connectivity index (χ2n) is 9.32. The van der Waals surface area contributed by atoms with Crippen LogP contribution in [-0.2, 0) is 9.59 Å². The van der Waals surface area contributed by atoms with E-state index in [0.717, 1.165) is 32.2 Å². The molecule has 0 aromatic carbocycles. The molecule has 4 nitrogen and oxygen atoms in total. The maximum absolute atomic E-state index is 12.2. The van der Waals surface area contributed by atoms with Gasteiger partial charge < -0.3 is 10.2 Å². The average Bonchev–Trinajstić information content (AvgIpc) is 3.14. The Morgan fingerprint density at radius 2 is 1.33 bits per heavy atom. The van der Waals surface area contributed by atoms with Gasteiger partial charge in [-0.05, 0) is 19.3 Å². The molecule has 1 rings (SSSR count). The van der Waals surface area contributed by atoms with Crippen LogP contribution < -0.4 is 5.32 Å². The lowest BCUT2D eigenvalue weighted by Gasteiger charge is -2.23. The van der Waals surface area contributed by atoms with Gasteiger partial charge in [0.25, 0.3) is 0 Å². The second-order valence-corrected chi connectivity index (χ2v) is 9.32. The number of hydrogen-bond acceptors (Lipinski definition) is 2. The third-order valence-corrected chi connectivity index (χ3v) is 6.48. The number of hydrogen-bond donors (Lipinski definition) is 1. The van der Waals surface area contributed by atoms with E-state index in [4.69, 9.17) is 0 Å². The molecule has 0 aliphatic carbocycles. The fourth-order valence-electron chi connectivity index (χ4n) is 4.40. The first-order valence-corrected chi connectivity index (χ1v) is 13.2. The Hall–Kier alpha value is -1.06. The lowest BCUT2D eigenvalue weighted by atomic mass is 10.0. The molecule has 176 valence electrons. The summed E-state index contributed by atoms with van der Waals surface area (Å²) in [6.45, 7) is 5.89. The van der Waals surface area contributed by atoms with Crippen LogP contribution in [0.4, 0.5) is 0 Å². The molecule has 0 saturated carbocycles. The molecular weight excluding hydrogens is 372 g/mol. The Morgan fingerprint density at radius 1 is 0.833 bits per heavy atom. The van der Waals surface area contributed by atoms with Crippen molar-refractivity contribution in [3.8, 4) is 0 Å². The van der Waals surface area contributed by atoms with Crippen LogP contribution in [0.3, 0.4) is 0 Å². The maximum Gasteiger partial charge on any atom is 0.222 e. The zero-order chi connectivity index (χ0) is 21.9. The number of carbonyl (C=O) groups is 2. The van der Waals surface area contributed by atoms with E-state index in [-0.39, 0.29) is 17.9 Å². The zero-order valence-corrected chi connectivity index (χ0v) is 20.2. The van der Waals surface area contributed by atoms with Crippen molar-refractivity contribution < 1.29 is 9.59 Å². The average molecular weight is 423 g/mol. The predicted octanol–water partition coefficient (Wildman–Crippen LogP) is 6.77. The van der Waals surface area contributed by atoms with E-state index < -0.39 is 0 Å². The molecule has 1 fully saturated rings. The topological polar surface area (TPSA) is 49.4 Å². The summed E-state index contributed by atoms with van der Waals surface area (Å²) in [6, 6.07) is 0.107. The molecule has 1 saturated heterocycles. The summed E-state index contributed by atoms with van der Waals surface area (Å²) in [6.07, 6.45) is 23.3. The van der Waals surface area contributed by atoms with Crippen molar-refractivity contribution in [1.82, 2.24) is 10.2 Å². The first kappa shape index (κ1) is 27.0. The van der Waals surface area contributed by atoms with E-state index in [0.29, 0.717) is 19.4 Å². The van der Waals surface area contributed by atoms with Crippen molar-refractivity contribution in [3.63, 3.8) is 0 Å². The molecule has 0 spiro atoms. The van der Waals surface area contributed by atoms with Gasteiger partial charge in [-0.15, -0.1) is 0 Å². The molecule has 0 aromatic rings. The monoisotopic (exact) mass is 422 g/mol. The number of carbonyl (C=O) groups excluding carboxylic acids is 2. The van der Waals surface area contributed by atoms with Gasteiger partial charge in [0.2, 0.25) is 11.8 Å². The first-order valence-electron chi connectivity index (χ1n) is 13.2. The van der Waals surface area contributed by atoms with Crippen LogP contribution in [0.25, 0.3) is 0 Å². The van der Waals surface area contributed by atoms with E-state index in [1.54, 1.807) is 0 Å². The predicted molar refractivity (Wildman–Crippen MR) is 128 cm³/mol. The van der Waals surface area contributed by atoms with E-state index in [2.05, 4.69) is 19.2 Å². The third kappa shape index (κ3) is 14.0. The van der Waals surface area contributed by atoms with Crippen molar-refractivity contribution in [2.75, 3.05) is 13.1 Å². The van der Waals surface area contributed by atoms with Gasteiger partial charge in [-0.25, -0.2) is 0 Å². The molecule has 30 heavy (non-hydrogen) atoms. The van der Waals surface area contributed by atoms with Gasteiger partial charge in [0.15, 0.2) is 0 Å². The number of rotatable bonds is 20. The molecule has 2 amide bonds. The smallest absolute Gasteiger partial charge is 0.222 e. The summed E-state index contributed by atoms with van der Waals surface area (Å²) >= 11 is 0. The quantitative estimate of drug-likeness (QED) is 0.220. The molecule has 0 aromatic heterocycles. The van der Waals surface area contributed by atoms with Crippen LogP contribution in [0, 0.1) is 0 Å². The van der Waals surface area contributed by atoms with Gasteiger partial charge in [0.1, 0.15) is 0 Å². The Morgan fingerprint density at radius 3 is 1.77 bits per heavy atom. The molecule has 1 atom stereocenters. The lowest BCUT2D eigenvalue weighted by molar-refractivity contribution is -0.129. The number of likely N-dealkylation sites (tertiary alicyclic amines) is 1. The zero-order valence-electron chi connectivity index (χ0n) is 20.2. The highest BCUT2D eigenvalue weighted by Gasteiger charge is 2.23. The van der Waals surface area contributed by atoms with E-state index in [1.807, 2.05) is 4.90 Å². The Labute approximate surface area is 186 Å². The Kier molecular flexibility index (Phi) is 16.8. The van der Waals surface area contributed by atoms with Crippen molar-refractivity contribution >= 4 is 11.8 Å². The van der Waals surface area contributed by atoms with Crippen molar-refractivity contribution in [2.45, 2.75) is 142 Å². The van der Waals surface area contributed by atoms with Gasteiger partial charge in [0.05, 0.1) is 0 Å². The highest BCUT2D eigenvalue weighted by molar-refractivity contribution is 5.78. The Bertz CT molecular complexity index is 439. The van der Waals surface area contributed by atoms with Gasteiger partial charge in [0, 0.05) is 32.0 Å². The minimum Gasteiger partial charge on any atom is -0.352 e. The van der Waals surface area contributed by atoms with Gasteiger partial charge in [-0.2, -0.15) is 0 Å². The fraction of sp³-hybridized carbons (Fsp3) is 0.923. The summed E-state index contributed by atoms with van der Waals surface area (Å²) in [4.78, 5) is 25.8. The van der Waals surface area contributed by atoms with Crippen molar-refractivity contribution in [1.29, 1.82) is 0 Å². The van der Waals surface area contributed by atoms with Gasteiger partial charge in [-0.1, -0.05) is 104 Å². The molecule has 0 bridgehead atoms. The van der Waals surface area contributed by atoms with Crippen molar-refractivity contribution in [3.05, 3.63) is 0 Å². The SMILES string of the molecule is CCCCCCCCCCCCCCCCCC(=O)NC(CC)CN1CCCC1=O. The van der Waals surface area contributed by atoms with E-state index >= 15 is 0 Å². The van der Waals surface area contributed by atoms with Crippen LogP contribution in [-0.4, -0.2) is 35.8 Å². The molecule has 1 unspecified atom stereocenters. The number of nitrogens with one attached hydrogen (secondary N) is 1. The summed E-state index contributed by atoms with van der Waals surface area (Å²) in [5.41, 5.74) is 0. The normalized spacial score (nSPS) is 15.0. The van der Waals surface area contributed by atoms with Gasteiger partial charge >= 0.3 is 0 Å². The summed E-state index contributed by atoms with van der Waals surface area (Å²) in [5, 5.41) is 3.13. The fourth-order valence-corrected chi connectivity index (χ4v) is 4.40. The van der Waals surface area contributed by atoms with Crippen LogP contribution in [0.2, 0.25) is 0 Å². The van der Waals surface area contributed by atoms with Crippen LogP contribution >= 0.6 is 0 Å². The minimum atomic E-state index is 0.107. The molecular formula is C26H50N2O2. The molecule has 1 heterocycles. The standard InChI is InChI=1S/C26H50N2O2/c1-3-5-6-7-8-9-10-11-12-13-14-15-16-17-18-20-25(29)27-24(4-2)23-28-22-19-21-26(28)30/h24H,3-23H2,1-2H3,(H,27,29). The lowest BCUT2D eigenvalue weighted by Crippen LogP contribution is -2.43. The maximum atomic E-state index is 12.2. The first-order chi connectivity index (χ1) is 14.7. The molecule has 0 radical (unpaired) electrons. The Balaban J connectivity index is 1.86. The van der Waals surface area contributed by atoms with Crippen molar-refractivity contribution in [2.24, 2.45) is 0 Å². The van der Waals surface area contributed by atoms with Crippen LogP contribution in [0.1, 0.15) is 136 Å². The number of nitrogens with zero attached hydrogens (tertiary/aromatic N) is 1. The second kappa shape index (κ2) is 18.7. The van der Waals surface area contributed by atoms with E-state index in [1.165, 1.54) is 83.5 Å². The highest BCUT2D eigenvalue weighted by Crippen LogP contribution is 2.14. The molecule has 1 N–H and O–H groups in total. The number of unbranched alkanes of at least 4 members (excludes halogenated alkanes) is 14. The molecule has 1 aliphatic rings. The molecule has 4 heteroatoms. The summed E-state index contributed by atoms with van der Waals surface area (Å²) < 4.78 is 0. The minimum absolute atomic E-state index is 0.107. The largest absolute Gasteiger partial charge is 0.352 e.